The number of anilines is 2. The summed E-state index contributed by atoms with van der Waals surface area (Å²) in [5, 5.41) is 3.91. The van der Waals surface area contributed by atoms with Crippen LogP contribution in [-0.4, -0.2) is 21.9 Å². The standard InChI is InChI=1S/C21H19ClN4O/c1-14-10-16-4-2-3-5-19(16)26(14)21(27)18-12-25-20(13-23-18)24-11-15-6-8-17(22)9-7-15/h2-9,12-14H,10-11H2,1H3,(H,24,25). The maximum absolute atomic E-state index is 12.9. The molecule has 136 valence electrons. The van der Waals surface area contributed by atoms with Gasteiger partial charge < -0.3 is 10.2 Å². The minimum absolute atomic E-state index is 0.111. The molecule has 2 aromatic carbocycles. The van der Waals surface area contributed by atoms with Gasteiger partial charge in [0.15, 0.2) is 0 Å². The fraction of sp³-hybridized carbons (Fsp3) is 0.190. The van der Waals surface area contributed by atoms with Gasteiger partial charge in [0.2, 0.25) is 0 Å². The second-order valence-corrected chi connectivity index (χ2v) is 7.06. The normalized spacial score (nSPS) is 15.5. The van der Waals surface area contributed by atoms with Crippen LogP contribution in [-0.2, 0) is 13.0 Å². The van der Waals surface area contributed by atoms with Crippen molar-refractivity contribution in [2.75, 3.05) is 10.2 Å². The predicted molar refractivity (Wildman–Crippen MR) is 107 cm³/mol. The van der Waals surface area contributed by atoms with Crippen molar-refractivity contribution in [3.05, 3.63) is 82.8 Å². The molecule has 0 bridgehead atoms. The lowest BCUT2D eigenvalue weighted by atomic mass is 10.1. The molecule has 2 heterocycles. The van der Waals surface area contributed by atoms with Gasteiger partial charge in [-0.2, -0.15) is 0 Å². The average Bonchev–Trinajstić information content (AvgIpc) is 3.03. The SMILES string of the molecule is CC1Cc2ccccc2N1C(=O)c1cnc(NCc2ccc(Cl)cc2)cn1. The second kappa shape index (κ2) is 7.37. The molecule has 6 heteroatoms. The summed E-state index contributed by atoms with van der Waals surface area (Å²) in [4.78, 5) is 23.4. The van der Waals surface area contributed by atoms with Crippen molar-refractivity contribution >= 4 is 29.0 Å². The van der Waals surface area contributed by atoms with Gasteiger partial charge in [-0.3, -0.25) is 4.79 Å². The van der Waals surface area contributed by atoms with Crippen LogP contribution in [0.3, 0.4) is 0 Å². The number of nitrogens with zero attached hydrogens (tertiary/aromatic N) is 3. The van der Waals surface area contributed by atoms with E-state index in [0.29, 0.717) is 23.1 Å². The minimum Gasteiger partial charge on any atom is -0.365 e. The van der Waals surface area contributed by atoms with Gasteiger partial charge >= 0.3 is 0 Å². The van der Waals surface area contributed by atoms with E-state index in [1.54, 1.807) is 11.1 Å². The van der Waals surface area contributed by atoms with Gasteiger partial charge in [0.05, 0.1) is 12.4 Å². The van der Waals surface area contributed by atoms with Crippen molar-refractivity contribution in [2.24, 2.45) is 0 Å². The molecule has 27 heavy (non-hydrogen) atoms. The van der Waals surface area contributed by atoms with Gasteiger partial charge in [0.1, 0.15) is 11.5 Å². The summed E-state index contributed by atoms with van der Waals surface area (Å²) in [6.07, 6.45) is 3.98. The highest BCUT2D eigenvalue weighted by molar-refractivity contribution is 6.30. The number of benzene rings is 2. The summed E-state index contributed by atoms with van der Waals surface area (Å²) in [6, 6.07) is 15.7. The Morgan fingerprint density at radius 3 is 2.67 bits per heavy atom. The van der Waals surface area contributed by atoms with Crippen LogP contribution in [0.5, 0.6) is 0 Å². The van der Waals surface area contributed by atoms with Crippen LogP contribution < -0.4 is 10.2 Å². The lowest BCUT2D eigenvalue weighted by Gasteiger charge is -2.22. The molecule has 1 amide bonds. The van der Waals surface area contributed by atoms with Gasteiger partial charge in [-0.05, 0) is 42.7 Å². The minimum atomic E-state index is -0.121. The first-order valence-corrected chi connectivity index (χ1v) is 9.21. The number of rotatable bonds is 4. The molecule has 1 unspecified atom stereocenters. The maximum Gasteiger partial charge on any atom is 0.278 e. The number of fused-ring (bicyclic) bond motifs is 1. The molecule has 0 aliphatic carbocycles. The molecule has 0 saturated heterocycles. The van der Waals surface area contributed by atoms with E-state index in [-0.39, 0.29) is 11.9 Å². The maximum atomic E-state index is 12.9. The number of carbonyl (C=O) groups excluding carboxylic acids is 1. The van der Waals surface area contributed by atoms with Crippen molar-refractivity contribution in [1.82, 2.24) is 9.97 Å². The highest BCUT2D eigenvalue weighted by atomic mass is 35.5. The van der Waals surface area contributed by atoms with Crippen LogP contribution >= 0.6 is 11.6 Å². The molecule has 3 aromatic rings. The predicted octanol–water partition coefficient (Wildman–Crippen LogP) is 4.33. The second-order valence-electron chi connectivity index (χ2n) is 6.62. The van der Waals surface area contributed by atoms with Gasteiger partial charge in [0, 0.05) is 23.3 Å². The Kier molecular flexibility index (Phi) is 4.77. The molecule has 0 fully saturated rings. The van der Waals surface area contributed by atoms with Crippen molar-refractivity contribution in [2.45, 2.75) is 25.9 Å². The van der Waals surface area contributed by atoms with Gasteiger partial charge in [-0.25, -0.2) is 9.97 Å². The number of para-hydroxylation sites is 1. The zero-order valence-corrected chi connectivity index (χ0v) is 15.6. The Labute approximate surface area is 163 Å². The number of halogens is 1. The zero-order valence-electron chi connectivity index (χ0n) is 14.9. The summed E-state index contributed by atoms with van der Waals surface area (Å²) in [7, 11) is 0. The molecule has 1 aromatic heterocycles. The third kappa shape index (κ3) is 3.64. The van der Waals surface area contributed by atoms with Crippen LogP contribution in [0.25, 0.3) is 0 Å². The zero-order chi connectivity index (χ0) is 18.8. The van der Waals surface area contributed by atoms with E-state index in [1.807, 2.05) is 49.4 Å². The van der Waals surface area contributed by atoms with E-state index in [9.17, 15) is 4.79 Å². The summed E-state index contributed by atoms with van der Waals surface area (Å²) in [5.41, 5.74) is 3.58. The van der Waals surface area contributed by atoms with Crippen LogP contribution in [0.1, 0.15) is 28.5 Å². The van der Waals surface area contributed by atoms with E-state index in [1.165, 1.54) is 11.8 Å². The molecule has 0 spiro atoms. The highest BCUT2D eigenvalue weighted by Gasteiger charge is 2.31. The number of nitrogens with one attached hydrogen (secondary N) is 1. The van der Waals surface area contributed by atoms with Gasteiger partial charge in [0.25, 0.3) is 5.91 Å². The highest BCUT2D eigenvalue weighted by Crippen LogP contribution is 2.32. The fourth-order valence-corrected chi connectivity index (χ4v) is 3.45. The van der Waals surface area contributed by atoms with Crippen LogP contribution in [0.2, 0.25) is 5.02 Å². The smallest absolute Gasteiger partial charge is 0.278 e. The lowest BCUT2D eigenvalue weighted by molar-refractivity contribution is 0.0976. The summed E-state index contributed by atoms with van der Waals surface area (Å²) >= 11 is 5.89. The number of carbonyl (C=O) groups is 1. The van der Waals surface area contributed by atoms with Crippen molar-refractivity contribution in [3.8, 4) is 0 Å². The largest absolute Gasteiger partial charge is 0.365 e. The first-order chi connectivity index (χ1) is 13.1. The average molecular weight is 379 g/mol. The molecule has 5 nitrogen and oxygen atoms in total. The summed E-state index contributed by atoms with van der Waals surface area (Å²) < 4.78 is 0. The monoisotopic (exact) mass is 378 g/mol. The third-order valence-corrected chi connectivity index (χ3v) is 4.94. The molecular formula is C21H19ClN4O. The molecule has 4 rings (SSSR count). The van der Waals surface area contributed by atoms with E-state index in [4.69, 9.17) is 11.6 Å². The molecule has 1 atom stereocenters. The summed E-state index contributed by atoms with van der Waals surface area (Å²) in [6.45, 7) is 2.66. The molecule has 0 radical (unpaired) electrons. The number of hydrogen-bond donors (Lipinski definition) is 1. The van der Waals surface area contributed by atoms with Crippen molar-refractivity contribution in [3.63, 3.8) is 0 Å². The van der Waals surface area contributed by atoms with Crippen molar-refractivity contribution < 1.29 is 4.79 Å². The topological polar surface area (TPSA) is 58.1 Å². The van der Waals surface area contributed by atoms with E-state index in [2.05, 4.69) is 21.4 Å². The van der Waals surface area contributed by atoms with Crippen LogP contribution in [0.15, 0.2) is 60.9 Å². The Hall–Kier alpha value is -2.92. The quantitative estimate of drug-likeness (QED) is 0.734. The fourth-order valence-electron chi connectivity index (χ4n) is 3.32. The Morgan fingerprint density at radius 2 is 1.93 bits per heavy atom. The third-order valence-electron chi connectivity index (χ3n) is 4.68. The molecule has 1 aliphatic rings. The number of hydrogen-bond acceptors (Lipinski definition) is 4. The molecule has 0 saturated carbocycles. The number of amides is 1. The molecule has 1 aliphatic heterocycles. The van der Waals surface area contributed by atoms with Gasteiger partial charge in [-0.1, -0.05) is 41.9 Å². The van der Waals surface area contributed by atoms with Crippen LogP contribution in [0.4, 0.5) is 11.5 Å². The molecule has 1 N–H and O–H groups in total. The van der Waals surface area contributed by atoms with E-state index < -0.39 is 0 Å². The molecular weight excluding hydrogens is 360 g/mol. The Balaban J connectivity index is 1.46. The Morgan fingerprint density at radius 1 is 1.15 bits per heavy atom. The van der Waals surface area contributed by atoms with Gasteiger partial charge in [-0.15, -0.1) is 0 Å². The van der Waals surface area contributed by atoms with Crippen LogP contribution in [0, 0.1) is 0 Å². The number of aromatic nitrogens is 2. The Bertz CT molecular complexity index is 957. The van der Waals surface area contributed by atoms with Crippen molar-refractivity contribution in [1.29, 1.82) is 0 Å². The summed E-state index contributed by atoms with van der Waals surface area (Å²) in [5.74, 6) is 0.501. The lowest BCUT2D eigenvalue weighted by Crippen LogP contribution is -2.36. The first kappa shape index (κ1) is 17.5. The van der Waals surface area contributed by atoms with E-state index in [0.717, 1.165) is 17.7 Å². The first-order valence-electron chi connectivity index (χ1n) is 8.83. The van der Waals surface area contributed by atoms with E-state index >= 15 is 0 Å².